The van der Waals surface area contributed by atoms with E-state index in [9.17, 15) is 13.2 Å². The summed E-state index contributed by atoms with van der Waals surface area (Å²) in [6.45, 7) is 1.55. The fourth-order valence-electron chi connectivity index (χ4n) is 2.73. The van der Waals surface area contributed by atoms with Gasteiger partial charge in [0.05, 0.1) is 6.54 Å². The van der Waals surface area contributed by atoms with E-state index in [2.05, 4.69) is 10.3 Å². The summed E-state index contributed by atoms with van der Waals surface area (Å²) < 4.78 is 27.4. The number of sulfonamides is 1. The number of halogens is 1. The number of aromatic nitrogens is 1. The maximum Gasteiger partial charge on any atom is 0.245 e. The van der Waals surface area contributed by atoms with Crippen LogP contribution in [-0.2, 0) is 21.4 Å². The lowest BCUT2D eigenvalue weighted by Crippen LogP contribution is -2.37. The molecule has 1 amide bonds. The third-order valence-electron chi connectivity index (χ3n) is 4.28. The molecule has 0 spiro atoms. The van der Waals surface area contributed by atoms with Crippen molar-refractivity contribution in [3.05, 3.63) is 89.2 Å². The van der Waals surface area contributed by atoms with Crippen LogP contribution in [0.15, 0.2) is 78.0 Å². The van der Waals surface area contributed by atoms with E-state index in [1.807, 2.05) is 19.1 Å². The molecular weight excluding hydrogens is 410 g/mol. The van der Waals surface area contributed by atoms with Crippen LogP contribution in [0.4, 0.5) is 5.69 Å². The van der Waals surface area contributed by atoms with Gasteiger partial charge in [-0.15, -0.1) is 0 Å². The Morgan fingerprint density at radius 3 is 2.45 bits per heavy atom. The van der Waals surface area contributed by atoms with Crippen LogP contribution in [0.2, 0.25) is 5.02 Å². The predicted octanol–water partition coefficient (Wildman–Crippen LogP) is 3.87. The van der Waals surface area contributed by atoms with Crippen LogP contribution >= 0.6 is 11.6 Å². The Hall–Kier alpha value is -2.74. The number of para-hydroxylation sites is 1. The zero-order valence-corrected chi connectivity index (χ0v) is 17.3. The number of carbonyl (C=O) groups excluding carboxylic acids is 1. The minimum Gasteiger partial charge on any atom is -0.325 e. The monoisotopic (exact) mass is 429 g/mol. The van der Waals surface area contributed by atoms with E-state index in [1.54, 1.807) is 42.5 Å². The second-order valence-electron chi connectivity index (χ2n) is 6.45. The van der Waals surface area contributed by atoms with Gasteiger partial charge in [-0.25, -0.2) is 8.42 Å². The number of rotatable bonds is 7. The Kier molecular flexibility index (Phi) is 6.64. The second-order valence-corrected chi connectivity index (χ2v) is 8.83. The number of aryl methyl sites for hydroxylation is 1. The van der Waals surface area contributed by atoms with Crippen molar-refractivity contribution >= 4 is 33.2 Å². The predicted molar refractivity (Wildman–Crippen MR) is 113 cm³/mol. The number of hydrogen-bond acceptors (Lipinski definition) is 4. The molecule has 2 aromatic carbocycles. The molecule has 0 atom stereocenters. The van der Waals surface area contributed by atoms with Crippen LogP contribution in [0.3, 0.4) is 0 Å². The Morgan fingerprint density at radius 1 is 1.07 bits per heavy atom. The normalized spacial score (nSPS) is 11.4. The molecule has 150 valence electrons. The Balaban J connectivity index is 1.87. The summed E-state index contributed by atoms with van der Waals surface area (Å²) in [7, 11) is -3.93. The van der Waals surface area contributed by atoms with Crippen molar-refractivity contribution in [2.45, 2.75) is 18.4 Å². The van der Waals surface area contributed by atoms with E-state index in [0.717, 1.165) is 9.87 Å². The van der Waals surface area contributed by atoms with Gasteiger partial charge in [0.25, 0.3) is 0 Å². The smallest absolute Gasteiger partial charge is 0.245 e. The van der Waals surface area contributed by atoms with Gasteiger partial charge < -0.3 is 5.32 Å². The molecule has 3 aromatic rings. The summed E-state index contributed by atoms with van der Waals surface area (Å²) in [5.74, 6) is -0.430. The lowest BCUT2D eigenvalue weighted by molar-refractivity contribution is -0.116. The number of nitrogens with one attached hydrogen (secondary N) is 1. The third kappa shape index (κ3) is 5.41. The summed E-state index contributed by atoms with van der Waals surface area (Å²) in [5, 5.41) is 3.33. The lowest BCUT2D eigenvalue weighted by Gasteiger charge is -2.22. The van der Waals surface area contributed by atoms with E-state index < -0.39 is 15.9 Å². The highest BCUT2D eigenvalue weighted by Gasteiger charge is 2.27. The molecule has 3 rings (SSSR count). The van der Waals surface area contributed by atoms with Crippen LogP contribution in [0, 0.1) is 6.92 Å². The van der Waals surface area contributed by atoms with Crippen LogP contribution in [0.25, 0.3) is 0 Å². The quantitative estimate of drug-likeness (QED) is 0.618. The van der Waals surface area contributed by atoms with E-state index in [-0.39, 0.29) is 18.0 Å². The van der Waals surface area contributed by atoms with E-state index in [4.69, 9.17) is 11.6 Å². The summed E-state index contributed by atoms with van der Waals surface area (Å²) in [6.07, 6.45) is 2.76. The first-order valence-corrected chi connectivity index (χ1v) is 10.7. The highest BCUT2D eigenvalue weighted by molar-refractivity contribution is 7.89. The minimum atomic E-state index is -3.93. The molecule has 0 radical (unpaired) electrons. The largest absolute Gasteiger partial charge is 0.325 e. The highest BCUT2D eigenvalue weighted by atomic mass is 35.5. The third-order valence-corrected chi connectivity index (χ3v) is 6.31. The molecule has 0 aliphatic rings. The molecule has 0 saturated heterocycles. The van der Waals surface area contributed by atoms with Gasteiger partial charge in [0.15, 0.2) is 0 Å². The molecule has 1 aromatic heterocycles. The molecule has 0 aliphatic carbocycles. The summed E-state index contributed by atoms with van der Waals surface area (Å²) in [5.41, 5.74) is 2.24. The average Bonchev–Trinajstić information content (AvgIpc) is 2.71. The van der Waals surface area contributed by atoms with Crippen molar-refractivity contribution < 1.29 is 13.2 Å². The van der Waals surface area contributed by atoms with Gasteiger partial charge in [0, 0.05) is 29.6 Å². The van der Waals surface area contributed by atoms with Crippen LogP contribution < -0.4 is 5.32 Å². The van der Waals surface area contributed by atoms with Crippen molar-refractivity contribution in [2.24, 2.45) is 0 Å². The molecule has 0 bridgehead atoms. The van der Waals surface area contributed by atoms with Crippen LogP contribution in [0.1, 0.15) is 11.1 Å². The fourth-order valence-corrected chi connectivity index (χ4v) is 4.21. The van der Waals surface area contributed by atoms with Gasteiger partial charge in [-0.1, -0.05) is 41.9 Å². The number of anilines is 1. The van der Waals surface area contributed by atoms with E-state index >= 15 is 0 Å². The van der Waals surface area contributed by atoms with E-state index in [0.29, 0.717) is 16.3 Å². The first-order valence-electron chi connectivity index (χ1n) is 8.86. The van der Waals surface area contributed by atoms with Crippen molar-refractivity contribution in [3.8, 4) is 0 Å². The Morgan fingerprint density at radius 2 is 1.79 bits per heavy atom. The topological polar surface area (TPSA) is 79.4 Å². The minimum absolute atomic E-state index is 0.0234. The highest BCUT2D eigenvalue weighted by Crippen LogP contribution is 2.20. The molecule has 0 fully saturated rings. The fraction of sp³-hybridized carbons (Fsp3) is 0.143. The van der Waals surface area contributed by atoms with Gasteiger partial charge in [-0.05, 0) is 48.4 Å². The summed E-state index contributed by atoms with van der Waals surface area (Å²) in [6, 6.07) is 17.1. The van der Waals surface area contributed by atoms with Gasteiger partial charge in [0.2, 0.25) is 15.9 Å². The molecule has 0 saturated carbocycles. The van der Waals surface area contributed by atoms with Crippen molar-refractivity contribution in [1.29, 1.82) is 0 Å². The SMILES string of the molecule is Cc1ccccc1NC(=O)CN(Cc1ccc(Cl)cc1)S(=O)(=O)c1cccnc1. The Bertz CT molecular complexity index is 1090. The maximum absolute atomic E-state index is 13.1. The zero-order chi connectivity index (χ0) is 20.9. The molecular formula is C21H20ClN3O3S. The average molecular weight is 430 g/mol. The standard InChI is InChI=1S/C21H20ClN3O3S/c1-16-5-2-3-7-20(16)24-21(26)15-25(14-17-8-10-18(22)11-9-17)29(27,28)19-6-4-12-23-13-19/h2-13H,14-15H2,1H3,(H,24,26). The first kappa shape index (κ1) is 21.0. The number of hydrogen-bond donors (Lipinski definition) is 1. The number of nitrogens with zero attached hydrogens (tertiary/aromatic N) is 2. The van der Waals surface area contributed by atoms with Crippen LogP contribution in [-0.4, -0.2) is 30.2 Å². The first-order chi connectivity index (χ1) is 13.9. The molecule has 8 heteroatoms. The number of carbonyl (C=O) groups is 1. The zero-order valence-electron chi connectivity index (χ0n) is 15.7. The lowest BCUT2D eigenvalue weighted by atomic mass is 10.2. The molecule has 1 heterocycles. The Labute approximate surface area is 175 Å². The van der Waals surface area contributed by atoms with E-state index in [1.165, 1.54) is 18.5 Å². The molecule has 1 N–H and O–H groups in total. The van der Waals surface area contributed by atoms with Crippen molar-refractivity contribution in [1.82, 2.24) is 9.29 Å². The number of benzene rings is 2. The van der Waals surface area contributed by atoms with Crippen molar-refractivity contribution in [2.75, 3.05) is 11.9 Å². The maximum atomic E-state index is 13.1. The molecule has 6 nitrogen and oxygen atoms in total. The second kappa shape index (κ2) is 9.17. The number of amides is 1. The van der Waals surface area contributed by atoms with Gasteiger partial charge >= 0.3 is 0 Å². The number of pyridine rings is 1. The van der Waals surface area contributed by atoms with Gasteiger partial charge in [-0.2, -0.15) is 4.31 Å². The molecule has 0 aliphatic heterocycles. The summed E-state index contributed by atoms with van der Waals surface area (Å²) in [4.78, 5) is 16.6. The van der Waals surface area contributed by atoms with Gasteiger partial charge in [-0.3, -0.25) is 9.78 Å². The molecule has 0 unspecified atom stereocenters. The molecule has 29 heavy (non-hydrogen) atoms. The van der Waals surface area contributed by atoms with Crippen LogP contribution in [0.5, 0.6) is 0 Å². The summed E-state index contributed by atoms with van der Waals surface area (Å²) >= 11 is 5.92. The van der Waals surface area contributed by atoms with Crippen molar-refractivity contribution in [3.63, 3.8) is 0 Å². The van der Waals surface area contributed by atoms with Gasteiger partial charge in [0.1, 0.15) is 4.90 Å².